The van der Waals surface area contributed by atoms with Crippen molar-refractivity contribution in [2.24, 2.45) is 7.05 Å². The van der Waals surface area contributed by atoms with E-state index in [1.165, 1.54) is 16.0 Å². The summed E-state index contributed by atoms with van der Waals surface area (Å²) in [6.07, 6.45) is 2.02. The van der Waals surface area contributed by atoms with Crippen LogP contribution in [0.2, 0.25) is 0 Å². The average Bonchev–Trinajstić information content (AvgIpc) is 2.97. The fourth-order valence-corrected chi connectivity index (χ4v) is 4.35. The summed E-state index contributed by atoms with van der Waals surface area (Å²) in [5.74, 6) is -0.118. The van der Waals surface area contributed by atoms with Crippen molar-refractivity contribution in [1.29, 1.82) is 0 Å². The summed E-state index contributed by atoms with van der Waals surface area (Å²) < 4.78 is 1.32. The molecular formula is C18H27Cl2N5O2S. The molecule has 3 heterocycles. The van der Waals surface area contributed by atoms with Crippen LogP contribution < -0.4 is 16.2 Å². The van der Waals surface area contributed by atoms with Gasteiger partial charge in [0.15, 0.2) is 0 Å². The summed E-state index contributed by atoms with van der Waals surface area (Å²) in [6, 6.07) is 0.358. The van der Waals surface area contributed by atoms with Crippen molar-refractivity contribution in [3.05, 3.63) is 32.2 Å². The van der Waals surface area contributed by atoms with Crippen LogP contribution in [-0.2, 0) is 7.05 Å². The van der Waals surface area contributed by atoms with Crippen LogP contribution in [0.4, 0.5) is 0 Å². The fourth-order valence-electron chi connectivity index (χ4n) is 3.29. The summed E-state index contributed by atoms with van der Waals surface area (Å²) in [5.41, 5.74) is 2.57. The molecule has 1 fully saturated rings. The van der Waals surface area contributed by atoms with E-state index >= 15 is 0 Å². The molecule has 1 aliphatic heterocycles. The Hall–Kier alpha value is -1.48. The summed E-state index contributed by atoms with van der Waals surface area (Å²) in [5, 5.41) is 11.3. The Bertz CT molecular complexity index is 912. The number of nitrogens with zero attached hydrogens (tertiary/aromatic N) is 3. The van der Waals surface area contributed by atoms with Crippen LogP contribution in [0.15, 0.2) is 4.79 Å². The Morgan fingerprint density at radius 2 is 1.93 bits per heavy atom. The molecule has 1 amide bonds. The van der Waals surface area contributed by atoms with Crippen molar-refractivity contribution in [2.75, 3.05) is 6.54 Å². The van der Waals surface area contributed by atoms with Gasteiger partial charge in [0.05, 0.1) is 17.0 Å². The number of piperidine rings is 1. The molecule has 2 aromatic rings. The fraction of sp³-hybridized carbons (Fsp3) is 0.556. The lowest BCUT2D eigenvalue weighted by molar-refractivity contribution is 0.0923. The molecule has 28 heavy (non-hydrogen) atoms. The standard InChI is InChI=1S/C18H25N5O2S.2ClH/c1-9-10(2)22-23(5)18(25)14(9)17-20-12(4)15(26-17)16(24)21-13-7-6-8-19-11(13)3;;/h11,13,19H,6-8H2,1-5H3,(H,21,24);2*1H. The highest BCUT2D eigenvalue weighted by Gasteiger charge is 2.26. The molecule has 156 valence electrons. The van der Waals surface area contributed by atoms with Gasteiger partial charge in [-0.05, 0) is 52.6 Å². The zero-order valence-electron chi connectivity index (χ0n) is 16.7. The van der Waals surface area contributed by atoms with Gasteiger partial charge < -0.3 is 10.6 Å². The summed E-state index contributed by atoms with van der Waals surface area (Å²) in [7, 11) is 1.63. The van der Waals surface area contributed by atoms with Crippen molar-refractivity contribution in [2.45, 2.75) is 52.6 Å². The predicted molar refractivity (Wildman–Crippen MR) is 117 cm³/mol. The van der Waals surface area contributed by atoms with Crippen LogP contribution in [0.5, 0.6) is 0 Å². The molecule has 2 N–H and O–H groups in total. The molecule has 0 radical (unpaired) electrons. The van der Waals surface area contributed by atoms with Crippen molar-refractivity contribution in [1.82, 2.24) is 25.4 Å². The Morgan fingerprint density at radius 3 is 2.57 bits per heavy atom. The highest BCUT2D eigenvalue weighted by molar-refractivity contribution is 7.17. The van der Waals surface area contributed by atoms with E-state index in [1.807, 2.05) is 20.8 Å². The van der Waals surface area contributed by atoms with Gasteiger partial charge in [0.25, 0.3) is 11.5 Å². The molecule has 0 aromatic carbocycles. The first-order chi connectivity index (χ1) is 12.3. The van der Waals surface area contributed by atoms with Crippen LogP contribution in [-0.4, -0.2) is 39.3 Å². The number of nitrogens with one attached hydrogen (secondary N) is 2. The topological polar surface area (TPSA) is 88.9 Å². The lowest BCUT2D eigenvalue weighted by Crippen LogP contribution is -2.51. The molecule has 2 unspecified atom stereocenters. The van der Waals surface area contributed by atoms with Gasteiger partial charge in [-0.3, -0.25) is 9.59 Å². The second-order valence-electron chi connectivity index (χ2n) is 6.91. The Kier molecular flexibility index (Phi) is 8.62. The number of thiazole rings is 1. The molecule has 2 aromatic heterocycles. The summed E-state index contributed by atoms with van der Waals surface area (Å²) in [4.78, 5) is 30.4. The van der Waals surface area contributed by atoms with Gasteiger partial charge in [-0.1, -0.05) is 0 Å². The van der Waals surface area contributed by atoms with E-state index in [9.17, 15) is 9.59 Å². The van der Waals surface area contributed by atoms with E-state index < -0.39 is 0 Å². The predicted octanol–water partition coefficient (Wildman–Crippen LogP) is 2.54. The molecule has 0 spiro atoms. The number of halogens is 2. The van der Waals surface area contributed by atoms with Crippen molar-refractivity contribution < 1.29 is 4.79 Å². The minimum absolute atomic E-state index is 0. The van der Waals surface area contributed by atoms with E-state index in [1.54, 1.807) is 7.05 Å². The molecular weight excluding hydrogens is 421 g/mol. The highest BCUT2D eigenvalue weighted by Crippen LogP contribution is 2.28. The molecule has 0 bridgehead atoms. The summed E-state index contributed by atoms with van der Waals surface area (Å²) >= 11 is 1.27. The third kappa shape index (κ3) is 4.74. The van der Waals surface area contributed by atoms with Crippen LogP contribution in [0.1, 0.15) is 46.4 Å². The maximum Gasteiger partial charge on any atom is 0.277 e. The maximum absolute atomic E-state index is 12.8. The molecule has 0 aliphatic carbocycles. The average molecular weight is 448 g/mol. The minimum atomic E-state index is -0.195. The van der Waals surface area contributed by atoms with Gasteiger partial charge >= 0.3 is 0 Å². The van der Waals surface area contributed by atoms with Gasteiger partial charge in [0, 0.05) is 19.1 Å². The van der Waals surface area contributed by atoms with Crippen molar-refractivity contribution >= 4 is 42.1 Å². The SMILES string of the molecule is Cc1nc(-c2c(C)c(C)nn(C)c2=O)sc1C(=O)NC1CCCNC1C.Cl.Cl. The van der Waals surface area contributed by atoms with Crippen LogP contribution in [0.25, 0.3) is 10.6 Å². The van der Waals surface area contributed by atoms with Gasteiger partial charge in [-0.15, -0.1) is 36.2 Å². The quantitative estimate of drug-likeness (QED) is 0.754. The van der Waals surface area contributed by atoms with Gasteiger partial charge in [0.2, 0.25) is 0 Å². The number of amides is 1. The number of carbonyl (C=O) groups excluding carboxylic acids is 1. The molecule has 1 aliphatic rings. The summed E-state index contributed by atoms with van der Waals surface area (Å²) in [6.45, 7) is 8.61. The highest BCUT2D eigenvalue weighted by atomic mass is 35.5. The molecule has 7 nitrogen and oxygen atoms in total. The third-order valence-corrected chi connectivity index (χ3v) is 6.19. The lowest BCUT2D eigenvalue weighted by Gasteiger charge is -2.30. The van der Waals surface area contributed by atoms with Crippen LogP contribution >= 0.6 is 36.2 Å². The number of aryl methyl sites for hydroxylation is 3. The smallest absolute Gasteiger partial charge is 0.277 e. The van der Waals surface area contributed by atoms with E-state index in [-0.39, 0.29) is 48.4 Å². The second-order valence-corrected chi connectivity index (χ2v) is 7.91. The van der Waals surface area contributed by atoms with E-state index in [0.717, 1.165) is 30.6 Å². The number of rotatable bonds is 3. The normalized spacial score (nSPS) is 18.8. The molecule has 0 saturated carbocycles. The molecule has 2 atom stereocenters. The van der Waals surface area contributed by atoms with E-state index in [4.69, 9.17) is 0 Å². The second kappa shape index (κ2) is 9.82. The zero-order chi connectivity index (χ0) is 19.0. The maximum atomic E-state index is 12.8. The minimum Gasteiger partial charge on any atom is -0.347 e. The molecule has 1 saturated heterocycles. The van der Waals surface area contributed by atoms with E-state index in [0.29, 0.717) is 21.1 Å². The van der Waals surface area contributed by atoms with Crippen molar-refractivity contribution in [3.63, 3.8) is 0 Å². The van der Waals surface area contributed by atoms with Crippen molar-refractivity contribution in [3.8, 4) is 10.6 Å². The van der Waals surface area contributed by atoms with Gasteiger partial charge in [-0.25, -0.2) is 9.67 Å². The number of carbonyl (C=O) groups is 1. The Labute approximate surface area is 181 Å². The van der Waals surface area contributed by atoms with Gasteiger partial charge in [0.1, 0.15) is 9.88 Å². The van der Waals surface area contributed by atoms with Crippen LogP contribution in [0, 0.1) is 20.8 Å². The first-order valence-corrected chi connectivity index (χ1v) is 9.67. The monoisotopic (exact) mass is 447 g/mol. The number of hydrogen-bond donors (Lipinski definition) is 2. The number of aromatic nitrogens is 3. The zero-order valence-corrected chi connectivity index (χ0v) is 19.1. The number of hydrogen-bond acceptors (Lipinski definition) is 6. The Morgan fingerprint density at radius 1 is 1.25 bits per heavy atom. The molecule has 3 rings (SSSR count). The first kappa shape index (κ1) is 24.6. The van der Waals surface area contributed by atoms with Gasteiger partial charge in [-0.2, -0.15) is 5.10 Å². The third-order valence-electron chi connectivity index (χ3n) is 5.02. The first-order valence-electron chi connectivity index (χ1n) is 8.86. The van der Waals surface area contributed by atoms with Crippen LogP contribution in [0.3, 0.4) is 0 Å². The molecule has 10 heteroatoms. The van der Waals surface area contributed by atoms with E-state index in [2.05, 4.69) is 27.6 Å². The lowest BCUT2D eigenvalue weighted by atomic mass is 10.00. The Balaban J connectivity index is 0.00000196. The largest absolute Gasteiger partial charge is 0.347 e.